The van der Waals surface area contributed by atoms with Crippen molar-refractivity contribution in [3.8, 4) is 0 Å². The first kappa shape index (κ1) is 12.8. The number of carboxylic acid groups (broad SMARTS) is 1. The zero-order valence-electron chi connectivity index (χ0n) is 8.40. The third kappa shape index (κ3) is 2.47. The van der Waals surface area contributed by atoms with Crippen LogP contribution in [0.25, 0.3) is 0 Å². The summed E-state index contributed by atoms with van der Waals surface area (Å²) in [5.41, 5.74) is 0. The Kier molecular flexibility index (Phi) is 3.81. The van der Waals surface area contributed by atoms with Gasteiger partial charge in [-0.3, -0.25) is 4.79 Å². The maximum Gasteiger partial charge on any atom is 0.335 e. The maximum absolute atomic E-state index is 10.7. The molecular formula is C8H13NO7. The minimum atomic E-state index is -1.73. The predicted octanol–water partition coefficient (Wildman–Crippen LogP) is -2.99. The summed E-state index contributed by atoms with van der Waals surface area (Å²) in [5.74, 6) is -2.06. The van der Waals surface area contributed by atoms with Gasteiger partial charge >= 0.3 is 5.97 Å². The quantitative estimate of drug-likeness (QED) is 0.344. The topological polar surface area (TPSA) is 136 Å². The van der Waals surface area contributed by atoms with E-state index in [9.17, 15) is 24.9 Å². The fraction of sp³-hybridized carbons (Fsp3) is 0.750. The zero-order chi connectivity index (χ0) is 12.5. The van der Waals surface area contributed by atoms with Gasteiger partial charge in [0, 0.05) is 6.92 Å². The molecule has 0 aromatic heterocycles. The zero-order valence-corrected chi connectivity index (χ0v) is 8.40. The molecule has 0 saturated carbocycles. The summed E-state index contributed by atoms with van der Waals surface area (Å²) in [4.78, 5) is 21.3. The molecular weight excluding hydrogens is 222 g/mol. The van der Waals surface area contributed by atoms with Gasteiger partial charge in [-0.1, -0.05) is 0 Å². The van der Waals surface area contributed by atoms with Gasteiger partial charge in [-0.05, 0) is 0 Å². The summed E-state index contributed by atoms with van der Waals surface area (Å²) < 4.78 is 4.58. The first-order valence-electron chi connectivity index (χ1n) is 4.54. The molecule has 1 fully saturated rings. The molecule has 1 saturated heterocycles. The minimum Gasteiger partial charge on any atom is -0.479 e. The SMILES string of the molecule is CC(=O)N[C@H]1[C@@H](O)[C@H](O)[C@@H](C(=O)O)O[C@H]1O. The van der Waals surface area contributed by atoms with Crippen molar-refractivity contribution in [2.24, 2.45) is 0 Å². The molecule has 0 spiro atoms. The lowest BCUT2D eigenvalue weighted by Crippen LogP contribution is -2.64. The summed E-state index contributed by atoms with van der Waals surface area (Å²) in [5, 5.41) is 39.0. The van der Waals surface area contributed by atoms with Crippen LogP contribution in [0.5, 0.6) is 0 Å². The van der Waals surface area contributed by atoms with Crippen LogP contribution < -0.4 is 5.32 Å². The van der Waals surface area contributed by atoms with Crippen LogP contribution in [0.1, 0.15) is 6.92 Å². The number of carboxylic acids is 1. The standard InChI is InChI=1S/C8H13NO7/c1-2(10)9-3-4(11)5(12)6(7(13)14)16-8(3)15/h3-6,8,11-12,15H,1H3,(H,9,10)(H,13,14)/t3-,4+,5-,6-,8+/m0/s1. The fourth-order valence-corrected chi connectivity index (χ4v) is 1.47. The van der Waals surface area contributed by atoms with Crippen molar-refractivity contribution >= 4 is 11.9 Å². The lowest BCUT2D eigenvalue weighted by atomic mass is 9.97. The van der Waals surface area contributed by atoms with Gasteiger partial charge in [-0.15, -0.1) is 0 Å². The third-order valence-electron chi connectivity index (χ3n) is 2.23. The van der Waals surface area contributed by atoms with Crippen molar-refractivity contribution in [1.29, 1.82) is 0 Å². The van der Waals surface area contributed by atoms with Crippen molar-refractivity contribution < 1.29 is 34.8 Å². The molecule has 0 unspecified atom stereocenters. The van der Waals surface area contributed by atoms with E-state index in [0.29, 0.717) is 0 Å². The molecule has 0 radical (unpaired) electrons. The molecule has 1 heterocycles. The van der Waals surface area contributed by atoms with E-state index in [-0.39, 0.29) is 0 Å². The average Bonchev–Trinajstić information content (AvgIpc) is 2.17. The molecule has 0 bridgehead atoms. The molecule has 0 aromatic rings. The first-order chi connectivity index (χ1) is 7.34. The van der Waals surface area contributed by atoms with Crippen molar-refractivity contribution in [2.75, 3.05) is 0 Å². The minimum absolute atomic E-state index is 0.548. The van der Waals surface area contributed by atoms with E-state index in [2.05, 4.69) is 10.1 Å². The second-order valence-corrected chi connectivity index (χ2v) is 3.49. The van der Waals surface area contributed by atoms with Gasteiger partial charge in [0.05, 0.1) is 0 Å². The molecule has 16 heavy (non-hydrogen) atoms. The van der Waals surface area contributed by atoms with Gasteiger partial charge in [0.15, 0.2) is 12.4 Å². The Labute approximate surface area is 90.5 Å². The number of hydrogen-bond acceptors (Lipinski definition) is 6. The highest BCUT2D eigenvalue weighted by atomic mass is 16.6. The highest BCUT2D eigenvalue weighted by molar-refractivity contribution is 5.74. The fourth-order valence-electron chi connectivity index (χ4n) is 1.47. The predicted molar refractivity (Wildman–Crippen MR) is 48.1 cm³/mol. The molecule has 5 atom stereocenters. The number of rotatable bonds is 2. The molecule has 92 valence electrons. The Morgan fingerprint density at radius 3 is 2.19 bits per heavy atom. The molecule has 5 N–H and O–H groups in total. The first-order valence-corrected chi connectivity index (χ1v) is 4.54. The van der Waals surface area contributed by atoms with Crippen LogP contribution in [-0.2, 0) is 14.3 Å². The highest BCUT2D eigenvalue weighted by Gasteiger charge is 2.47. The second-order valence-electron chi connectivity index (χ2n) is 3.49. The van der Waals surface area contributed by atoms with Gasteiger partial charge in [-0.25, -0.2) is 4.79 Å². The summed E-state index contributed by atoms with van der Waals surface area (Å²) in [7, 11) is 0. The number of aliphatic hydroxyl groups is 3. The van der Waals surface area contributed by atoms with Gasteiger partial charge in [-0.2, -0.15) is 0 Å². The van der Waals surface area contributed by atoms with Crippen molar-refractivity contribution in [2.45, 2.75) is 37.6 Å². The molecule has 1 rings (SSSR count). The van der Waals surface area contributed by atoms with E-state index in [1.165, 1.54) is 0 Å². The molecule has 0 aromatic carbocycles. The smallest absolute Gasteiger partial charge is 0.335 e. The van der Waals surface area contributed by atoms with Crippen molar-refractivity contribution in [1.82, 2.24) is 5.32 Å². The number of carbonyl (C=O) groups is 2. The molecule has 8 nitrogen and oxygen atoms in total. The number of carbonyl (C=O) groups excluding carboxylic acids is 1. The van der Waals surface area contributed by atoms with Crippen LogP contribution >= 0.6 is 0 Å². The lowest BCUT2D eigenvalue weighted by Gasteiger charge is -2.39. The largest absolute Gasteiger partial charge is 0.479 e. The second kappa shape index (κ2) is 4.74. The Morgan fingerprint density at radius 1 is 1.19 bits per heavy atom. The van der Waals surface area contributed by atoms with Crippen LogP contribution in [0.2, 0.25) is 0 Å². The van der Waals surface area contributed by atoms with Crippen LogP contribution in [0.15, 0.2) is 0 Å². The van der Waals surface area contributed by atoms with Gasteiger partial charge in [0.2, 0.25) is 5.91 Å². The van der Waals surface area contributed by atoms with Gasteiger partial charge in [0.1, 0.15) is 18.2 Å². The van der Waals surface area contributed by atoms with Gasteiger partial charge in [0.25, 0.3) is 0 Å². The normalized spacial score (nSPS) is 39.1. The van der Waals surface area contributed by atoms with E-state index < -0.39 is 42.5 Å². The highest BCUT2D eigenvalue weighted by Crippen LogP contribution is 2.20. The summed E-state index contributed by atoms with van der Waals surface area (Å²) in [6, 6.07) is -1.26. The number of aliphatic hydroxyl groups excluding tert-OH is 3. The Morgan fingerprint density at radius 2 is 1.75 bits per heavy atom. The van der Waals surface area contributed by atoms with E-state index in [0.717, 1.165) is 6.92 Å². The van der Waals surface area contributed by atoms with E-state index in [4.69, 9.17) is 5.11 Å². The average molecular weight is 235 g/mol. The maximum atomic E-state index is 10.7. The summed E-state index contributed by atoms with van der Waals surface area (Å²) >= 11 is 0. The number of ether oxygens (including phenoxy) is 1. The van der Waals surface area contributed by atoms with Crippen molar-refractivity contribution in [3.05, 3.63) is 0 Å². The van der Waals surface area contributed by atoms with Crippen LogP contribution in [0, 0.1) is 0 Å². The van der Waals surface area contributed by atoms with Crippen LogP contribution in [0.4, 0.5) is 0 Å². The van der Waals surface area contributed by atoms with E-state index in [1.807, 2.05) is 0 Å². The number of aliphatic carboxylic acids is 1. The van der Waals surface area contributed by atoms with E-state index in [1.54, 1.807) is 0 Å². The number of amides is 1. The summed E-state index contributed by atoms with van der Waals surface area (Å²) in [6.07, 6.45) is -6.76. The van der Waals surface area contributed by atoms with Crippen LogP contribution in [0.3, 0.4) is 0 Å². The van der Waals surface area contributed by atoms with Crippen LogP contribution in [-0.4, -0.2) is 62.9 Å². The third-order valence-corrected chi connectivity index (χ3v) is 2.23. The molecule has 8 heteroatoms. The molecule has 1 aliphatic rings. The van der Waals surface area contributed by atoms with Crippen molar-refractivity contribution in [3.63, 3.8) is 0 Å². The Hall–Kier alpha value is -1.22. The summed E-state index contributed by atoms with van der Waals surface area (Å²) in [6.45, 7) is 1.15. The molecule has 1 amide bonds. The molecule has 0 aliphatic carbocycles. The lowest BCUT2D eigenvalue weighted by molar-refractivity contribution is -0.249. The number of nitrogens with one attached hydrogen (secondary N) is 1. The number of hydrogen-bond donors (Lipinski definition) is 5. The van der Waals surface area contributed by atoms with E-state index >= 15 is 0 Å². The van der Waals surface area contributed by atoms with Gasteiger partial charge < -0.3 is 30.5 Å². The molecule has 1 aliphatic heterocycles. The Bertz CT molecular complexity index is 294. The monoisotopic (exact) mass is 235 g/mol. The Balaban J connectivity index is 2.79.